The fourth-order valence-electron chi connectivity index (χ4n) is 3.53. The molecule has 3 rings (SSSR count). The second-order valence-electron chi connectivity index (χ2n) is 7.56. The van der Waals surface area contributed by atoms with Crippen LogP contribution in [-0.4, -0.2) is 47.1 Å². The first-order chi connectivity index (χ1) is 15.3. The van der Waals surface area contributed by atoms with Gasteiger partial charge in [0.15, 0.2) is 11.6 Å². The van der Waals surface area contributed by atoms with Gasteiger partial charge in [-0.25, -0.2) is 21.9 Å². The van der Waals surface area contributed by atoms with E-state index in [-0.39, 0.29) is 29.7 Å². The molecule has 1 amide bonds. The maximum Gasteiger partial charge on any atom is 0.240 e. The number of anilines is 1. The molecule has 2 aromatic rings. The first kappa shape index (κ1) is 23.9. The minimum atomic E-state index is -3.71. The van der Waals surface area contributed by atoms with Gasteiger partial charge in [-0.3, -0.25) is 4.79 Å². The van der Waals surface area contributed by atoms with Crippen LogP contribution in [0.1, 0.15) is 19.8 Å². The molecule has 1 aliphatic rings. The molecule has 1 fully saturated rings. The number of sulfonamides is 1. The highest BCUT2D eigenvalue weighted by atomic mass is 32.2. The summed E-state index contributed by atoms with van der Waals surface area (Å²) >= 11 is 0. The first-order valence-corrected chi connectivity index (χ1v) is 12.0. The lowest BCUT2D eigenvalue weighted by atomic mass is 10.1. The average Bonchev–Trinajstić information content (AvgIpc) is 3.24. The van der Waals surface area contributed by atoms with Crippen LogP contribution in [0.4, 0.5) is 14.5 Å². The van der Waals surface area contributed by atoms with E-state index in [9.17, 15) is 22.0 Å². The maximum absolute atomic E-state index is 13.4. The quantitative estimate of drug-likeness (QED) is 0.561. The fraction of sp³-hybridized carbons (Fsp3) is 0.409. The number of carbonyl (C=O) groups excluding carboxylic acids is 1. The van der Waals surface area contributed by atoms with Gasteiger partial charge in [0.05, 0.1) is 11.5 Å². The smallest absolute Gasteiger partial charge is 0.240 e. The van der Waals surface area contributed by atoms with Crippen LogP contribution in [-0.2, 0) is 14.8 Å². The van der Waals surface area contributed by atoms with Crippen molar-refractivity contribution in [2.75, 3.05) is 37.7 Å². The molecule has 174 valence electrons. The maximum atomic E-state index is 13.4. The lowest BCUT2D eigenvalue weighted by molar-refractivity contribution is -0.121. The number of ether oxygens (including phenoxy) is 1. The molecular formula is C22H27F2N3O4S. The third kappa shape index (κ3) is 6.39. The highest BCUT2D eigenvalue weighted by Crippen LogP contribution is 2.25. The summed E-state index contributed by atoms with van der Waals surface area (Å²) < 4.78 is 58.9. The van der Waals surface area contributed by atoms with Crippen LogP contribution in [0.2, 0.25) is 0 Å². The van der Waals surface area contributed by atoms with Crippen LogP contribution in [0, 0.1) is 17.6 Å². The van der Waals surface area contributed by atoms with Gasteiger partial charge in [0.1, 0.15) is 5.75 Å². The van der Waals surface area contributed by atoms with Gasteiger partial charge in [0.25, 0.3) is 0 Å². The molecule has 1 saturated heterocycles. The molecule has 0 spiro atoms. The lowest BCUT2D eigenvalue weighted by Gasteiger charge is -2.19. The van der Waals surface area contributed by atoms with Gasteiger partial charge < -0.3 is 15.0 Å². The minimum Gasteiger partial charge on any atom is -0.494 e. The van der Waals surface area contributed by atoms with E-state index in [4.69, 9.17) is 4.74 Å². The standard InChI is InChI=1S/C22H27F2N3O4S/c1-2-31-18-4-6-19(7-5-18)32(29,30)26-11-9-22(28)25-14-16-10-12-27(15-16)17-3-8-20(23)21(24)13-17/h3-8,13,16,26H,2,9-12,14-15H2,1H3,(H,25,28). The Kier molecular flexibility index (Phi) is 8.03. The zero-order valence-electron chi connectivity index (χ0n) is 17.8. The van der Waals surface area contributed by atoms with Gasteiger partial charge >= 0.3 is 0 Å². The number of amides is 1. The Labute approximate surface area is 186 Å². The Bertz CT molecular complexity index is 1030. The largest absolute Gasteiger partial charge is 0.494 e. The number of nitrogens with one attached hydrogen (secondary N) is 2. The van der Waals surface area contributed by atoms with Crippen molar-refractivity contribution >= 4 is 21.6 Å². The van der Waals surface area contributed by atoms with E-state index in [0.717, 1.165) is 12.5 Å². The lowest BCUT2D eigenvalue weighted by Crippen LogP contribution is -2.34. The predicted molar refractivity (Wildman–Crippen MR) is 117 cm³/mol. The summed E-state index contributed by atoms with van der Waals surface area (Å²) in [6.45, 7) is 4.05. The highest BCUT2D eigenvalue weighted by Gasteiger charge is 2.24. The van der Waals surface area contributed by atoms with Crippen LogP contribution in [0.5, 0.6) is 5.75 Å². The highest BCUT2D eigenvalue weighted by molar-refractivity contribution is 7.89. The SMILES string of the molecule is CCOc1ccc(S(=O)(=O)NCCC(=O)NCC2CCN(c3ccc(F)c(F)c3)C2)cc1. The van der Waals surface area contributed by atoms with E-state index in [1.807, 2.05) is 11.8 Å². The summed E-state index contributed by atoms with van der Waals surface area (Å²) in [4.78, 5) is 14.2. The molecule has 1 atom stereocenters. The number of hydrogen-bond donors (Lipinski definition) is 2. The molecule has 7 nitrogen and oxygen atoms in total. The predicted octanol–water partition coefficient (Wildman–Crippen LogP) is 2.67. The van der Waals surface area contributed by atoms with Gasteiger partial charge in [0.2, 0.25) is 15.9 Å². The Morgan fingerprint density at radius 1 is 1.16 bits per heavy atom. The summed E-state index contributed by atoms with van der Waals surface area (Å²) in [5, 5.41) is 2.81. The number of benzene rings is 2. The Morgan fingerprint density at radius 2 is 1.91 bits per heavy atom. The molecule has 10 heteroatoms. The molecule has 0 bridgehead atoms. The van der Waals surface area contributed by atoms with E-state index in [1.165, 1.54) is 24.3 Å². The summed E-state index contributed by atoms with van der Waals surface area (Å²) in [7, 11) is -3.71. The van der Waals surface area contributed by atoms with Crippen LogP contribution in [0.25, 0.3) is 0 Å². The number of hydrogen-bond acceptors (Lipinski definition) is 5. The van der Waals surface area contributed by atoms with Crippen LogP contribution in [0.15, 0.2) is 47.4 Å². The second kappa shape index (κ2) is 10.7. The number of rotatable bonds is 10. The van der Waals surface area contributed by atoms with Crippen molar-refractivity contribution in [3.8, 4) is 5.75 Å². The molecule has 2 aromatic carbocycles. The molecule has 32 heavy (non-hydrogen) atoms. The average molecular weight is 468 g/mol. The van der Waals surface area contributed by atoms with Gasteiger partial charge in [-0.15, -0.1) is 0 Å². The molecule has 0 aromatic heterocycles. The van der Waals surface area contributed by atoms with Gasteiger partial charge in [-0.1, -0.05) is 0 Å². The normalized spacial score (nSPS) is 16.2. The summed E-state index contributed by atoms with van der Waals surface area (Å²) in [5.41, 5.74) is 0.612. The van der Waals surface area contributed by atoms with Gasteiger partial charge in [0, 0.05) is 44.4 Å². The van der Waals surface area contributed by atoms with Gasteiger partial charge in [-0.2, -0.15) is 0 Å². The van der Waals surface area contributed by atoms with Crippen LogP contribution >= 0.6 is 0 Å². The number of halogens is 2. The number of nitrogens with zero attached hydrogens (tertiary/aromatic N) is 1. The van der Waals surface area contributed by atoms with Crippen molar-refractivity contribution < 1.29 is 26.7 Å². The van der Waals surface area contributed by atoms with E-state index in [0.29, 0.717) is 37.7 Å². The molecule has 1 heterocycles. The van der Waals surface area contributed by atoms with Gasteiger partial charge in [-0.05, 0) is 55.7 Å². The third-order valence-electron chi connectivity index (χ3n) is 5.23. The second-order valence-corrected chi connectivity index (χ2v) is 9.32. The molecule has 1 aliphatic heterocycles. The Morgan fingerprint density at radius 3 is 2.59 bits per heavy atom. The monoisotopic (exact) mass is 467 g/mol. The zero-order chi connectivity index (χ0) is 23.1. The summed E-state index contributed by atoms with van der Waals surface area (Å²) in [6, 6.07) is 9.88. The third-order valence-corrected chi connectivity index (χ3v) is 6.71. The van der Waals surface area contributed by atoms with Crippen LogP contribution < -0.4 is 19.7 Å². The van der Waals surface area contributed by atoms with E-state index in [1.54, 1.807) is 12.1 Å². The van der Waals surface area contributed by atoms with Crippen LogP contribution in [0.3, 0.4) is 0 Å². The van der Waals surface area contributed by atoms with Crippen molar-refractivity contribution in [3.05, 3.63) is 54.1 Å². The Balaban J connectivity index is 1.39. The van der Waals surface area contributed by atoms with Crippen molar-refractivity contribution in [1.29, 1.82) is 0 Å². The molecule has 0 aliphatic carbocycles. The molecule has 0 saturated carbocycles. The summed E-state index contributed by atoms with van der Waals surface area (Å²) in [5.74, 6) is -1.26. The fourth-order valence-corrected chi connectivity index (χ4v) is 4.56. The minimum absolute atomic E-state index is 0.00979. The zero-order valence-corrected chi connectivity index (χ0v) is 18.6. The topological polar surface area (TPSA) is 87.7 Å². The van der Waals surface area contributed by atoms with E-state index >= 15 is 0 Å². The molecule has 1 unspecified atom stereocenters. The Hall–Kier alpha value is -2.72. The summed E-state index contributed by atoms with van der Waals surface area (Å²) in [6.07, 6.45) is 0.819. The molecule has 0 radical (unpaired) electrons. The van der Waals surface area contributed by atoms with Crippen molar-refractivity contribution in [2.45, 2.75) is 24.7 Å². The van der Waals surface area contributed by atoms with Crippen molar-refractivity contribution in [1.82, 2.24) is 10.0 Å². The molecule has 2 N–H and O–H groups in total. The van der Waals surface area contributed by atoms with Crippen molar-refractivity contribution in [2.24, 2.45) is 5.92 Å². The van der Waals surface area contributed by atoms with E-state index < -0.39 is 21.7 Å². The number of carbonyl (C=O) groups is 1. The van der Waals surface area contributed by atoms with E-state index in [2.05, 4.69) is 10.0 Å². The first-order valence-electron chi connectivity index (χ1n) is 10.5. The van der Waals surface area contributed by atoms with Crippen molar-refractivity contribution in [3.63, 3.8) is 0 Å². The molecular weight excluding hydrogens is 440 g/mol.